The largest absolute Gasteiger partial charge is 0.336 e. The normalized spacial score (nSPS) is 25.3. The van der Waals surface area contributed by atoms with Gasteiger partial charge in [0.05, 0.1) is 6.33 Å². The summed E-state index contributed by atoms with van der Waals surface area (Å²) >= 11 is 0. The lowest BCUT2D eigenvalue weighted by Crippen LogP contribution is -2.47. The van der Waals surface area contributed by atoms with Crippen molar-refractivity contribution in [2.75, 3.05) is 13.1 Å². The average molecular weight is 208 g/mol. The number of piperidine rings is 1. The summed E-state index contributed by atoms with van der Waals surface area (Å²) in [5.41, 5.74) is 5.98. The Labute approximate surface area is 91.1 Å². The van der Waals surface area contributed by atoms with Gasteiger partial charge in [0.15, 0.2) is 0 Å². The fourth-order valence-electron chi connectivity index (χ4n) is 2.26. The van der Waals surface area contributed by atoms with Gasteiger partial charge in [-0.05, 0) is 26.3 Å². The summed E-state index contributed by atoms with van der Waals surface area (Å²) in [4.78, 5) is 6.54. The molecule has 0 spiro atoms. The van der Waals surface area contributed by atoms with Crippen LogP contribution in [0.15, 0.2) is 18.7 Å². The molecule has 0 saturated carbocycles. The lowest BCUT2D eigenvalue weighted by atomic mass is 10.0. The van der Waals surface area contributed by atoms with E-state index in [1.165, 1.54) is 19.4 Å². The van der Waals surface area contributed by atoms with E-state index in [0.717, 1.165) is 13.1 Å². The molecule has 4 nitrogen and oxygen atoms in total. The molecule has 0 radical (unpaired) electrons. The fourth-order valence-corrected chi connectivity index (χ4v) is 2.26. The lowest BCUT2D eigenvalue weighted by molar-refractivity contribution is 0.146. The van der Waals surface area contributed by atoms with E-state index in [0.29, 0.717) is 12.1 Å². The molecule has 84 valence electrons. The first-order chi connectivity index (χ1) is 7.25. The van der Waals surface area contributed by atoms with Gasteiger partial charge in [0.2, 0.25) is 0 Å². The Morgan fingerprint density at radius 2 is 2.47 bits per heavy atom. The maximum Gasteiger partial charge on any atom is 0.0946 e. The lowest BCUT2D eigenvalue weighted by Gasteiger charge is -2.35. The SMILES string of the molecule is CC(Cn1ccnc1)N1CCCC(N)C1. The van der Waals surface area contributed by atoms with Crippen LogP contribution in [0.25, 0.3) is 0 Å². The summed E-state index contributed by atoms with van der Waals surface area (Å²) in [5, 5.41) is 0. The van der Waals surface area contributed by atoms with Crippen LogP contribution in [0.3, 0.4) is 0 Å². The smallest absolute Gasteiger partial charge is 0.0946 e. The average Bonchev–Trinajstić information content (AvgIpc) is 2.70. The number of imidazole rings is 1. The molecular formula is C11H20N4. The Morgan fingerprint density at radius 1 is 1.60 bits per heavy atom. The van der Waals surface area contributed by atoms with Crippen molar-refractivity contribution in [3.63, 3.8) is 0 Å². The molecule has 2 heterocycles. The van der Waals surface area contributed by atoms with Crippen molar-refractivity contribution >= 4 is 0 Å². The summed E-state index contributed by atoms with van der Waals surface area (Å²) < 4.78 is 2.13. The summed E-state index contributed by atoms with van der Waals surface area (Å²) in [6.45, 7) is 5.49. The molecule has 1 aliphatic rings. The zero-order valence-corrected chi connectivity index (χ0v) is 9.34. The van der Waals surface area contributed by atoms with Crippen LogP contribution >= 0.6 is 0 Å². The highest BCUT2D eigenvalue weighted by Crippen LogP contribution is 2.12. The molecule has 2 rings (SSSR count). The summed E-state index contributed by atoms with van der Waals surface area (Å²) in [6.07, 6.45) is 8.12. The van der Waals surface area contributed by atoms with E-state index in [-0.39, 0.29) is 0 Å². The van der Waals surface area contributed by atoms with Crippen molar-refractivity contribution in [2.24, 2.45) is 5.73 Å². The van der Waals surface area contributed by atoms with E-state index in [4.69, 9.17) is 5.73 Å². The third-order valence-corrected chi connectivity index (χ3v) is 3.15. The molecule has 1 saturated heterocycles. The van der Waals surface area contributed by atoms with Gasteiger partial charge in [-0.1, -0.05) is 0 Å². The Bertz CT molecular complexity index is 283. The minimum absolute atomic E-state index is 0.365. The first-order valence-electron chi connectivity index (χ1n) is 5.71. The van der Waals surface area contributed by atoms with Crippen LogP contribution in [0.5, 0.6) is 0 Å². The maximum absolute atomic E-state index is 5.98. The zero-order valence-electron chi connectivity index (χ0n) is 9.34. The second-order valence-corrected chi connectivity index (χ2v) is 4.51. The van der Waals surface area contributed by atoms with E-state index in [1.807, 2.05) is 18.7 Å². The predicted molar refractivity (Wildman–Crippen MR) is 60.5 cm³/mol. The topological polar surface area (TPSA) is 47.1 Å². The van der Waals surface area contributed by atoms with Crippen molar-refractivity contribution < 1.29 is 0 Å². The molecule has 1 aromatic rings. The first-order valence-corrected chi connectivity index (χ1v) is 5.71. The Balaban J connectivity index is 1.87. The number of nitrogens with zero attached hydrogens (tertiary/aromatic N) is 3. The number of nitrogens with two attached hydrogens (primary N) is 1. The molecule has 0 aliphatic carbocycles. The Kier molecular flexibility index (Phi) is 3.38. The van der Waals surface area contributed by atoms with Crippen LogP contribution in [-0.4, -0.2) is 39.6 Å². The van der Waals surface area contributed by atoms with E-state index in [9.17, 15) is 0 Å². The van der Waals surface area contributed by atoms with Crippen molar-refractivity contribution in [3.8, 4) is 0 Å². The Hall–Kier alpha value is -0.870. The van der Waals surface area contributed by atoms with Crippen LogP contribution < -0.4 is 5.73 Å². The van der Waals surface area contributed by atoms with Crippen molar-refractivity contribution in [1.82, 2.24) is 14.5 Å². The molecule has 15 heavy (non-hydrogen) atoms. The number of likely N-dealkylation sites (tertiary alicyclic amines) is 1. The molecule has 1 fully saturated rings. The van der Waals surface area contributed by atoms with E-state index in [1.54, 1.807) is 0 Å². The van der Waals surface area contributed by atoms with Gasteiger partial charge >= 0.3 is 0 Å². The molecule has 2 N–H and O–H groups in total. The Morgan fingerprint density at radius 3 is 3.13 bits per heavy atom. The van der Waals surface area contributed by atoms with Gasteiger partial charge in [0.1, 0.15) is 0 Å². The fraction of sp³-hybridized carbons (Fsp3) is 0.727. The molecule has 4 heteroatoms. The first kappa shape index (κ1) is 10.6. The second-order valence-electron chi connectivity index (χ2n) is 4.51. The number of hydrogen-bond donors (Lipinski definition) is 1. The highest BCUT2D eigenvalue weighted by atomic mass is 15.2. The van der Waals surface area contributed by atoms with Crippen LogP contribution in [0, 0.1) is 0 Å². The van der Waals surface area contributed by atoms with Gasteiger partial charge < -0.3 is 10.3 Å². The second kappa shape index (κ2) is 4.77. The van der Waals surface area contributed by atoms with Gasteiger partial charge in [-0.2, -0.15) is 0 Å². The van der Waals surface area contributed by atoms with E-state index >= 15 is 0 Å². The van der Waals surface area contributed by atoms with Crippen molar-refractivity contribution in [1.29, 1.82) is 0 Å². The summed E-state index contributed by atoms with van der Waals surface area (Å²) in [6, 6.07) is 0.912. The zero-order chi connectivity index (χ0) is 10.7. The van der Waals surface area contributed by atoms with Crippen molar-refractivity contribution in [2.45, 2.75) is 38.4 Å². The quantitative estimate of drug-likeness (QED) is 0.795. The van der Waals surface area contributed by atoms with Gasteiger partial charge in [0, 0.05) is 37.6 Å². The highest BCUT2D eigenvalue weighted by molar-refractivity contribution is 4.81. The van der Waals surface area contributed by atoms with Gasteiger partial charge in [-0.3, -0.25) is 4.90 Å². The number of hydrogen-bond acceptors (Lipinski definition) is 3. The molecule has 2 atom stereocenters. The molecule has 2 unspecified atom stereocenters. The minimum atomic E-state index is 0.365. The predicted octanol–water partition coefficient (Wildman–Crippen LogP) is 0.695. The molecule has 1 aromatic heterocycles. The highest BCUT2D eigenvalue weighted by Gasteiger charge is 2.20. The van der Waals surface area contributed by atoms with Crippen LogP contribution in [0.2, 0.25) is 0 Å². The van der Waals surface area contributed by atoms with Crippen LogP contribution in [0.1, 0.15) is 19.8 Å². The maximum atomic E-state index is 5.98. The third kappa shape index (κ3) is 2.79. The van der Waals surface area contributed by atoms with E-state index < -0.39 is 0 Å². The molecule has 1 aliphatic heterocycles. The molecular weight excluding hydrogens is 188 g/mol. The molecule has 0 aromatic carbocycles. The van der Waals surface area contributed by atoms with Crippen molar-refractivity contribution in [3.05, 3.63) is 18.7 Å². The van der Waals surface area contributed by atoms with Crippen LogP contribution in [-0.2, 0) is 6.54 Å². The summed E-state index contributed by atoms with van der Waals surface area (Å²) in [5.74, 6) is 0. The monoisotopic (exact) mass is 208 g/mol. The van der Waals surface area contributed by atoms with Gasteiger partial charge in [0.25, 0.3) is 0 Å². The minimum Gasteiger partial charge on any atom is -0.336 e. The van der Waals surface area contributed by atoms with Gasteiger partial charge in [-0.25, -0.2) is 4.98 Å². The van der Waals surface area contributed by atoms with Crippen LogP contribution in [0.4, 0.5) is 0 Å². The molecule has 0 amide bonds. The van der Waals surface area contributed by atoms with E-state index in [2.05, 4.69) is 21.4 Å². The number of aromatic nitrogens is 2. The number of rotatable bonds is 3. The summed E-state index contributed by atoms with van der Waals surface area (Å²) in [7, 11) is 0. The third-order valence-electron chi connectivity index (χ3n) is 3.15. The molecule has 0 bridgehead atoms. The van der Waals surface area contributed by atoms with Gasteiger partial charge in [-0.15, -0.1) is 0 Å². The standard InChI is InChI=1S/C11H20N4/c1-10(7-14-6-4-13-9-14)15-5-2-3-11(12)8-15/h4,6,9-11H,2-3,5,7-8,12H2,1H3.